The lowest BCUT2D eigenvalue weighted by molar-refractivity contribution is -0.150. The quantitative estimate of drug-likeness (QED) is 0.0543. The van der Waals surface area contributed by atoms with Crippen LogP contribution in [0.25, 0.3) is 0 Å². The van der Waals surface area contributed by atoms with E-state index in [1.807, 2.05) is 0 Å². The number of ether oxygens (including phenoxy) is 2. The number of aliphatic hydroxyl groups excluding tert-OH is 1. The summed E-state index contributed by atoms with van der Waals surface area (Å²) in [7, 11) is 0. The fourth-order valence-corrected chi connectivity index (χ4v) is 5.96. The van der Waals surface area contributed by atoms with Gasteiger partial charge < -0.3 is 19.5 Å². The molecule has 268 valence electrons. The van der Waals surface area contributed by atoms with Crippen molar-refractivity contribution in [2.45, 2.75) is 207 Å². The van der Waals surface area contributed by atoms with Crippen LogP contribution in [0.5, 0.6) is 0 Å². The van der Waals surface area contributed by atoms with E-state index in [0.717, 1.165) is 70.9 Å². The Hall–Kier alpha value is -1.14. The summed E-state index contributed by atoms with van der Waals surface area (Å²) in [6, 6.07) is 0. The van der Waals surface area contributed by atoms with Crippen LogP contribution in [0.15, 0.2) is 0 Å². The monoisotopic (exact) mass is 640 g/mol. The van der Waals surface area contributed by atoms with Crippen LogP contribution >= 0.6 is 0 Å². The number of hydrogen-bond acceptors (Lipinski definition) is 6. The molecule has 0 fully saturated rings. The SMILES string of the molecule is CCCCCCCCC(CCCCCCCC)OC(=O)CCCCN(CCO)CCCCCCCCCCC(=O)OCCCC. The van der Waals surface area contributed by atoms with Crippen LogP contribution in [0.2, 0.25) is 0 Å². The third-order valence-corrected chi connectivity index (χ3v) is 8.95. The second kappa shape index (κ2) is 35.7. The van der Waals surface area contributed by atoms with E-state index in [-0.39, 0.29) is 24.6 Å². The molecule has 0 aromatic heterocycles. The molecule has 0 aliphatic heterocycles. The first-order chi connectivity index (χ1) is 22.1. The molecule has 0 aliphatic rings. The van der Waals surface area contributed by atoms with Crippen molar-refractivity contribution < 1.29 is 24.2 Å². The van der Waals surface area contributed by atoms with Crippen LogP contribution in [-0.4, -0.2) is 60.9 Å². The smallest absolute Gasteiger partial charge is 0.306 e. The zero-order valence-corrected chi connectivity index (χ0v) is 30.4. The number of rotatable bonds is 36. The van der Waals surface area contributed by atoms with Gasteiger partial charge in [-0.05, 0) is 70.9 Å². The van der Waals surface area contributed by atoms with E-state index in [1.165, 1.54) is 109 Å². The summed E-state index contributed by atoms with van der Waals surface area (Å²) < 4.78 is 11.2. The Balaban J connectivity index is 4.06. The minimum absolute atomic E-state index is 0.0161. The molecule has 0 radical (unpaired) electrons. The van der Waals surface area contributed by atoms with Crippen LogP contribution in [0, 0.1) is 0 Å². The zero-order valence-electron chi connectivity index (χ0n) is 30.4. The van der Waals surface area contributed by atoms with Gasteiger partial charge in [0.15, 0.2) is 0 Å². The average Bonchev–Trinajstić information content (AvgIpc) is 3.03. The predicted molar refractivity (Wildman–Crippen MR) is 191 cm³/mol. The summed E-state index contributed by atoms with van der Waals surface area (Å²) in [5, 5.41) is 9.53. The second-order valence-electron chi connectivity index (χ2n) is 13.4. The molecule has 0 saturated carbocycles. The molecule has 6 heteroatoms. The highest BCUT2D eigenvalue weighted by atomic mass is 16.5. The lowest BCUT2D eigenvalue weighted by Gasteiger charge is -2.21. The Morgan fingerprint density at radius 3 is 1.47 bits per heavy atom. The Morgan fingerprint density at radius 1 is 0.511 bits per heavy atom. The van der Waals surface area contributed by atoms with E-state index in [4.69, 9.17) is 9.47 Å². The van der Waals surface area contributed by atoms with E-state index >= 15 is 0 Å². The summed E-state index contributed by atoms with van der Waals surface area (Å²) in [6.07, 6.45) is 31.7. The van der Waals surface area contributed by atoms with Gasteiger partial charge in [-0.15, -0.1) is 0 Å². The number of carbonyl (C=O) groups excluding carboxylic acids is 2. The molecular formula is C39H77NO5. The summed E-state index contributed by atoms with van der Waals surface area (Å²) in [4.78, 5) is 26.7. The van der Waals surface area contributed by atoms with Crippen molar-refractivity contribution in [1.29, 1.82) is 0 Å². The van der Waals surface area contributed by atoms with E-state index in [9.17, 15) is 14.7 Å². The lowest BCUT2D eigenvalue weighted by Crippen LogP contribution is -2.29. The summed E-state index contributed by atoms with van der Waals surface area (Å²) in [6.45, 7) is 10.0. The highest BCUT2D eigenvalue weighted by Crippen LogP contribution is 2.18. The van der Waals surface area contributed by atoms with E-state index < -0.39 is 0 Å². The van der Waals surface area contributed by atoms with Crippen LogP contribution < -0.4 is 0 Å². The molecule has 0 aromatic carbocycles. The molecule has 1 N–H and O–H groups in total. The Kier molecular flexibility index (Phi) is 34.8. The largest absolute Gasteiger partial charge is 0.466 e. The number of aliphatic hydroxyl groups is 1. The number of unbranched alkanes of at least 4 members (excludes halogenated alkanes) is 19. The van der Waals surface area contributed by atoms with Crippen molar-refractivity contribution in [3.05, 3.63) is 0 Å². The molecule has 0 rings (SSSR count). The molecule has 0 amide bonds. The summed E-state index contributed by atoms with van der Waals surface area (Å²) in [5.41, 5.74) is 0. The van der Waals surface area contributed by atoms with Gasteiger partial charge >= 0.3 is 11.9 Å². The molecule has 0 aliphatic carbocycles. The van der Waals surface area contributed by atoms with E-state index in [2.05, 4.69) is 25.7 Å². The Morgan fingerprint density at radius 2 is 0.933 bits per heavy atom. The van der Waals surface area contributed by atoms with E-state index in [1.54, 1.807) is 0 Å². The topological polar surface area (TPSA) is 76.1 Å². The Bertz CT molecular complexity index is 613. The van der Waals surface area contributed by atoms with Crippen molar-refractivity contribution in [3.63, 3.8) is 0 Å². The fourth-order valence-electron chi connectivity index (χ4n) is 5.96. The number of esters is 2. The number of nitrogens with zero attached hydrogens (tertiary/aromatic N) is 1. The first kappa shape index (κ1) is 43.9. The van der Waals surface area contributed by atoms with Crippen molar-refractivity contribution in [2.24, 2.45) is 0 Å². The van der Waals surface area contributed by atoms with Gasteiger partial charge in [-0.25, -0.2) is 0 Å². The van der Waals surface area contributed by atoms with Crippen molar-refractivity contribution in [1.82, 2.24) is 4.90 Å². The fraction of sp³-hybridized carbons (Fsp3) is 0.949. The van der Waals surface area contributed by atoms with Gasteiger partial charge in [0.1, 0.15) is 6.10 Å². The maximum Gasteiger partial charge on any atom is 0.306 e. The molecule has 0 bridgehead atoms. The van der Waals surface area contributed by atoms with Gasteiger partial charge in [0.25, 0.3) is 0 Å². The lowest BCUT2D eigenvalue weighted by atomic mass is 10.0. The standard InChI is InChI=1S/C39H77NO5/c1-4-7-10-12-18-22-28-37(29-23-19-13-11-8-5-2)45-39(43)31-25-27-33-40(34-35-41)32-26-21-17-15-14-16-20-24-30-38(42)44-36-9-6-3/h37,41H,4-36H2,1-3H3. The van der Waals surface area contributed by atoms with Crippen LogP contribution in [0.1, 0.15) is 201 Å². The van der Waals surface area contributed by atoms with Gasteiger partial charge in [0.05, 0.1) is 13.2 Å². The van der Waals surface area contributed by atoms with Crippen LogP contribution in [0.4, 0.5) is 0 Å². The normalized spacial score (nSPS) is 11.5. The minimum atomic E-state index is -0.0398. The first-order valence-corrected chi connectivity index (χ1v) is 19.8. The van der Waals surface area contributed by atoms with Gasteiger partial charge in [0, 0.05) is 19.4 Å². The van der Waals surface area contributed by atoms with E-state index in [0.29, 0.717) is 26.0 Å². The van der Waals surface area contributed by atoms with Crippen LogP contribution in [0.3, 0.4) is 0 Å². The van der Waals surface area contributed by atoms with Gasteiger partial charge in [0.2, 0.25) is 0 Å². The first-order valence-electron chi connectivity index (χ1n) is 19.8. The number of hydrogen-bond donors (Lipinski definition) is 1. The molecular weight excluding hydrogens is 562 g/mol. The average molecular weight is 640 g/mol. The molecule has 0 saturated heterocycles. The minimum Gasteiger partial charge on any atom is -0.466 e. The Labute approximate surface area is 280 Å². The van der Waals surface area contributed by atoms with Crippen molar-refractivity contribution in [3.8, 4) is 0 Å². The molecule has 0 spiro atoms. The zero-order chi connectivity index (χ0) is 33.1. The van der Waals surface area contributed by atoms with Crippen molar-refractivity contribution in [2.75, 3.05) is 32.8 Å². The van der Waals surface area contributed by atoms with Crippen molar-refractivity contribution >= 4 is 11.9 Å². The third-order valence-electron chi connectivity index (χ3n) is 8.95. The maximum absolute atomic E-state index is 12.7. The molecule has 0 heterocycles. The molecule has 0 aromatic rings. The highest BCUT2D eigenvalue weighted by Gasteiger charge is 2.15. The summed E-state index contributed by atoms with van der Waals surface area (Å²) >= 11 is 0. The molecule has 0 atom stereocenters. The predicted octanol–water partition coefficient (Wildman–Crippen LogP) is 10.7. The highest BCUT2D eigenvalue weighted by molar-refractivity contribution is 5.69. The summed E-state index contributed by atoms with van der Waals surface area (Å²) in [5.74, 6) is -0.0559. The van der Waals surface area contributed by atoms with Crippen LogP contribution in [-0.2, 0) is 19.1 Å². The van der Waals surface area contributed by atoms with Gasteiger partial charge in [-0.3, -0.25) is 9.59 Å². The number of carbonyl (C=O) groups is 2. The molecule has 6 nitrogen and oxygen atoms in total. The molecule has 0 unspecified atom stereocenters. The maximum atomic E-state index is 12.7. The van der Waals surface area contributed by atoms with Gasteiger partial charge in [-0.2, -0.15) is 0 Å². The third kappa shape index (κ3) is 32.6. The molecule has 45 heavy (non-hydrogen) atoms. The second-order valence-corrected chi connectivity index (χ2v) is 13.4. The van der Waals surface area contributed by atoms with Gasteiger partial charge in [-0.1, -0.05) is 130 Å².